The Morgan fingerprint density at radius 3 is 2.13 bits per heavy atom. The first-order valence-electron chi connectivity index (χ1n) is 5.13. The molecule has 0 spiro atoms. The number of allylic oxidation sites excluding steroid dienone is 3. The van der Waals surface area contributed by atoms with E-state index >= 15 is 0 Å². The van der Waals surface area contributed by atoms with Crippen LogP contribution in [0.2, 0.25) is 0 Å². The molecule has 0 N–H and O–H groups in total. The molecule has 1 atom stereocenters. The molecule has 0 radical (unpaired) electrons. The van der Waals surface area contributed by atoms with E-state index in [1.807, 2.05) is 12.1 Å². The summed E-state index contributed by atoms with van der Waals surface area (Å²) >= 11 is 0. The number of rotatable bonds is 3. The van der Waals surface area contributed by atoms with E-state index in [2.05, 4.69) is 63.9 Å². The van der Waals surface area contributed by atoms with E-state index in [0.29, 0.717) is 5.92 Å². The molecule has 0 aliphatic rings. The van der Waals surface area contributed by atoms with Crippen LogP contribution in [0.5, 0.6) is 0 Å². The topological polar surface area (TPSA) is 0 Å². The maximum atomic E-state index is 3.81. The fourth-order valence-corrected chi connectivity index (χ4v) is 1.48. The third-order valence-corrected chi connectivity index (χ3v) is 2.37. The van der Waals surface area contributed by atoms with E-state index in [4.69, 9.17) is 0 Å². The van der Waals surface area contributed by atoms with Gasteiger partial charge >= 0.3 is 0 Å². The predicted molar refractivity (Wildman–Crippen MR) is 70.1 cm³/mol. The highest BCUT2D eigenvalue weighted by atomic mass is 14.1. The van der Waals surface area contributed by atoms with Crippen LogP contribution in [-0.4, -0.2) is 0 Å². The maximum Gasteiger partial charge on any atom is 0.00575 e. The summed E-state index contributed by atoms with van der Waals surface area (Å²) in [6.07, 6.45) is 4.04. The van der Waals surface area contributed by atoms with Crippen molar-refractivity contribution in [3.05, 3.63) is 73.4 Å². The van der Waals surface area contributed by atoms with Gasteiger partial charge in [-0.2, -0.15) is 0 Å². The van der Waals surface area contributed by atoms with Crippen molar-refractivity contribution in [2.75, 3.05) is 0 Å². The molecule has 15 heavy (non-hydrogen) atoms. The van der Waals surface area contributed by atoms with Crippen LogP contribution >= 0.6 is 0 Å². The van der Waals surface area contributed by atoms with Crippen molar-refractivity contribution >= 4 is 0 Å². The number of benzene rings is 1. The number of hydrogen-bond acceptors (Lipinski definition) is 0. The van der Waals surface area contributed by atoms with Gasteiger partial charge in [0.05, 0.1) is 0 Å². The lowest BCUT2D eigenvalue weighted by Gasteiger charge is -2.12. The minimum absolute atomic E-state index is 0.448. The van der Waals surface area contributed by atoms with Gasteiger partial charge in [0, 0.05) is 5.92 Å². The third-order valence-electron chi connectivity index (χ3n) is 2.37. The molecule has 80 valence electrons. The monoisotopic (exact) mass is 200 g/mol. The molecule has 0 amide bonds. The zero-order valence-corrected chi connectivity index (χ0v) is 9.74. The first-order valence-corrected chi connectivity index (χ1v) is 5.13. The summed E-state index contributed by atoms with van der Waals surface area (Å²) in [6.45, 7) is 14.1. The molecular weight excluding hydrogens is 180 g/mol. The van der Waals surface area contributed by atoms with E-state index in [9.17, 15) is 0 Å². The van der Waals surface area contributed by atoms with Crippen LogP contribution in [0, 0.1) is 0 Å². The van der Waals surface area contributed by atoms with Crippen molar-refractivity contribution in [2.45, 2.75) is 19.8 Å². The summed E-state index contributed by atoms with van der Waals surface area (Å²) in [4.78, 5) is 0. The van der Waals surface area contributed by atoms with Gasteiger partial charge in [-0.1, -0.05) is 56.0 Å². The lowest BCUT2D eigenvalue weighted by Crippen LogP contribution is -1.94. The summed E-state index contributed by atoms with van der Waals surface area (Å²) < 4.78 is 0. The van der Waals surface area contributed by atoms with Crippen molar-refractivity contribution in [1.82, 2.24) is 0 Å². The van der Waals surface area contributed by atoms with Crippen molar-refractivity contribution in [3.8, 4) is 0 Å². The Bertz CT molecular complexity index is 306. The third kappa shape index (κ3) is 3.99. The zero-order valence-electron chi connectivity index (χ0n) is 9.74. The van der Waals surface area contributed by atoms with Gasteiger partial charge in [-0.15, -0.1) is 13.2 Å². The Labute approximate surface area is 93.7 Å². The minimum atomic E-state index is 0.448. The fraction of sp³-hybridized carbons (Fsp3) is 0.200. The van der Waals surface area contributed by atoms with Crippen LogP contribution in [0.15, 0.2) is 67.8 Å². The van der Waals surface area contributed by atoms with Crippen LogP contribution < -0.4 is 0 Å². The van der Waals surface area contributed by atoms with Gasteiger partial charge in [0.25, 0.3) is 0 Å². The molecule has 0 nitrogen and oxygen atoms in total. The average molecular weight is 200 g/mol. The van der Waals surface area contributed by atoms with Gasteiger partial charge in [0.15, 0.2) is 0 Å². The number of hydrogen-bond donors (Lipinski definition) is 0. The van der Waals surface area contributed by atoms with Crippen LogP contribution in [0.25, 0.3) is 0 Å². The summed E-state index contributed by atoms with van der Waals surface area (Å²) in [5.41, 5.74) is 2.63. The van der Waals surface area contributed by atoms with Gasteiger partial charge in [0.2, 0.25) is 0 Å². The Kier molecular flexibility index (Phi) is 7.00. The molecule has 1 unspecified atom stereocenters. The molecule has 1 aromatic carbocycles. The van der Waals surface area contributed by atoms with Crippen LogP contribution in [-0.2, 0) is 0 Å². The van der Waals surface area contributed by atoms with Crippen molar-refractivity contribution in [3.63, 3.8) is 0 Å². The SMILES string of the molecule is C=C.C=C/C(=C\C)C(C)c1ccccc1. The standard InChI is InChI=1S/C13H16.C2H4/c1-4-12(5-2)11(3)13-9-7-6-8-10-13;1-2/h4-11H,1H2,2-3H3;1-2H2/b12-5+;. The second-order valence-electron chi connectivity index (χ2n) is 3.13. The molecule has 0 fully saturated rings. The molecule has 0 saturated heterocycles. The second-order valence-corrected chi connectivity index (χ2v) is 3.13. The first-order chi connectivity index (χ1) is 7.29. The molecule has 0 aromatic heterocycles. The van der Waals surface area contributed by atoms with E-state index in [1.165, 1.54) is 11.1 Å². The minimum Gasteiger partial charge on any atom is -0.106 e. The van der Waals surface area contributed by atoms with Crippen molar-refractivity contribution < 1.29 is 0 Å². The maximum absolute atomic E-state index is 3.81. The van der Waals surface area contributed by atoms with Gasteiger partial charge in [-0.05, 0) is 18.1 Å². The predicted octanol–water partition coefficient (Wildman–Crippen LogP) is 4.72. The van der Waals surface area contributed by atoms with Gasteiger partial charge in [-0.3, -0.25) is 0 Å². The largest absolute Gasteiger partial charge is 0.106 e. The fourth-order valence-electron chi connectivity index (χ4n) is 1.48. The Morgan fingerprint density at radius 2 is 1.73 bits per heavy atom. The summed E-state index contributed by atoms with van der Waals surface area (Å²) in [5, 5.41) is 0. The average Bonchev–Trinajstić information content (AvgIpc) is 2.34. The molecule has 0 bridgehead atoms. The highest BCUT2D eigenvalue weighted by Gasteiger charge is 2.06. The summed E-state index contributed by atoms with van der Waals surface area (Å²) in [7, 11) is 0. The Balaban J connectivity index is 0.000000921. The lowest BCUT2D eigenvalue weighted by molar-refractivity contribution is 0.919. The Morgan fingerprint density at radius 1 is 1.20 bits per heavy atom. The molecule has 0 heterocycles. The summed E-state index contributed by atoms with van der Waals surface area (Å²) in [5.74, 6) is 0.448. The van der Waals surface area contributed by atoms with E-state index in [1.54, 1.807) is 0 Å². The normalized spacial score (nSPS) is 12.3. The molecule has 1 rings (SSSR count). The van der Waals surface area contributed by atoms with Gasteiger partial charge < -0.3 is 0 Å². The molecular formula is C15H20. The lowest BCUT2D eigenvalue weighted by atomic mass is 9.93. The quantitative estimate of drug-likeness (QED) is 0.489. The summed E-state index contributed by atoms with van der Waals surface area (Å²) in [6, 6.07) is 10.5. The van der Waals surface area contributed by atoms with Gasteiger partial charge in [-0.25, -0.2) is 0 Å². The van der Waals surface area contributed by atoms with Crippen molar-refractivity contribution in [2.24, 2.45) is 0 Å². The first kappa shape index (κ1) is 13.4. The van der Waals surface area contributed by atoms with E-state index in [-0.39, 0.29) is 0 Å². The zero-order chi connectivity index (χ0) is 11.7. The molecule has 0 saturated carbocycles. The van der Waals surface area contributed by atoms with Crippen LogP contribution in [0.3, 0.4) is 0 Å². The molecule has 0 aliphatic heterocycles. The smallest absolute Gasteiger partial charge is 0.00575 e. The van der Waals surface area contributed by atoms with Gasteiger partial charge in [0.1, 0.15) is 0 Å². The van der Waals surface area contributed by atoms with E-state index < -0.39 is 0 Å². The highest BCUT2D eigenvalue weighted by Crippen LogP contribution is 2.23. The van der Waals surface area contributed by atoms with E-state index in [0.717, 1.165) is 0 Å². The molecule has 0 heteroatoms. The highest BCUT2D eigenvalue weighted by molar-refractivity contribution is 5.32. The van der Waals surface area contributed by atoms with Crippen LogP contribution in [0.1, 0.15) is 25.3 Å². The molecule has 0 aliphatic carbocycles. The van der Waals surface area contributed by atoms with Crippen LogP contribution in [0.4, 0.5) is 0 Å². The Hall–Kier alpha value is -1.56. The second kappa shape index (κ2) is 7.81. The van der Waals surface area contributed by atoms with Crippen molar-refractivity contribution in [1.29, 1.82) is 0 Å². The molecule has 1 aromatic rings.